The summed E-state index contributed by atoms with van der Waals surface area (Å²) < 4.78 is 4.54. The lowest BCUT2D eigenvalue weighted by molar-refractivity contribution is -0.157. The molecule has 214 valence electrons. The van der Waals surface area contributed by atoms with Crippen molar-refractivity contribution in [2.75, 3.05) is 31.2 Å². The number of rotatable bonds is 16. The quantitative estimate of drug-likeness (QED) is 0.0269. The Morgan fingerprint density at radius 2 is 1.79 bits per heavy atom. The SMILES string of the molecule is O=C(O)CC(I)C(=O)NCCNC(=O)CCCSSCCC(=O)OCC1CC(O)C(O)C2NC(=O)C(=O)N12. The van der Waals surface area contributed by atoms with Gasteiger partial charge in [-0.25, -0.2) is 0 Å². The van der Waals surface area contributed by atoms with E-state index in [-0.39, 0.29) is 44.9 Å². The molecule has 38 heavy (non-hydrogen) atoms. The first kappa shape index (κ1) is 32.4. The number of carbonyl (C=O) groups is 6. The zero-order chi connectivity index (χ0) is 28.2. The van der Waals surface area contributed by atoms with Crippen molar-refractivity contribution in [3.05, 3.63) is 0 Å². The predicted octanol–water partition coefficient (Wildman–Crippen LogP) is -1.63. The van der Waals surface area contributed by atoms with Crippen LogP contribution in [0.4, 0.5) is 0 Å². The van der Waals surface area contributed by atoms with Gasteiger partial charge in [0.1, 0.15) is 22.8 Å². The van der Waals surface area contributed by atoms with Gasteiger partial charge >= 0.3 is 23.8 Å². The van der Waals surface area contributed by atoms with Crippen LogP contribution in [-0.4, -0.2) is 115 Å². The summed E-state index contributed by atoms with van der Waals surface area (Å²) in [5, 5.41) is 36.2. The molecule has 0 aromatic heterocycles. The highest BCUT2D eigenvalue weighted by atomic mass is 127. The number of esters is 1. The van der Waals surface area contributed by atoms with Gasteiger partial charge in [0.25, 0.3) is 0 Å². The van der Waals surface area contributed by atoms with Gasteiger partial charge in [-0.15, -0.1) is 0 Å². The molecule has 2 saturated heterocycles. The third-order valence-corrected chi connectivity index (χ3v) is 9.06. The molecule has 0 spiro atoms. The first-order valence-corrected chi connectivity index (χ1v) is 15.5. The minimum Gasteiger partial charge on any atom is -0.481 e. The van der Waals surface area contributed by atoms with Crippen molar-refractivity contribution in [1.82, 2.24) is 20.9 Å². The maximum absolute atomic E-state index is 12.1. The Balaban J connectivity index is 1.49. The fourth-order valence-corrected chi connectivity index (χ4v) is 6.33. The van der Waals surface area contributed by atoms with Crippen LogP contribution in [0.5, 0.6) is 0 Å². The molecule has 2 aliphatic rings. The second-order valence-corrected chi connectivity index (χ2v) is 12.7. The van der Waals surface area contributed by atoms with E-state index < -0.39 is 58.0 Å². The summed E-state index contributed by atoms with van der Waals surface area (Å²) in [4.78, 5) is 71.0. The highest BCUT2D eigenvalue weighted by Gasteiger charge is 2.51. The molecule has 14 nitrogen and oxygen atoms in total. The van der Waals surface area contributed by atoms with Crippen LogP contribution in [0.3, 0.4) is 0 Å². The second kappa shape index (κ2) is 16.3. The number of carbonyl (C=O) groups excluding carboxylic acids is 5. The molecule has 0 aromatic rings. The van der Waals surface area contributed by atoms with Gasteiger partial charge in [-0.05, 0) is 12.8 Å². The van der Waals surface area contributed by atoms with Crippen LogP contribution in [-0.2, 0) is 33.5 Å². The molecule has 0 aliphatic carbocycles. The number of nitrogens with zero attached hydrogens (tertiary/aromatic N) is 1. The van der Waals surface area contributed by atoms with E-state index in [4.69, 9.17) is 9.84 Å². The number of ether oxygens (including phenoxy) is 1. The monoisotopic (exact) mass is 690 g/mol. The van der Waals surface area contributed by atoms with Gasteiger partial charge in [-0.3, -0.25) is 28.8 Å². The molecule has 6 N–H and O–H groups in total. The Labute approximate surface area is 240 Å². The van der Waals surface area contributed by atoms with Crippen LogP contribution in [0.1, 0.15) is 32.1 Å². The van der Waals surface area contributed by atoms with Crippen molar-refractivity contribution in [1.29, 1.82) is 0 Å². The minimum atomic E-state index is -1.31. The largest absolute Gasteiger partial charge is 0.481 e. The molecule has 2 rings (SSSR count). The number of hydrogen-bond acceptors (Lipinski definition) is 11. The van der Waals surface area contributed by atoms with Gasteiger partial charge in [0, 0.05) is 31.0 Å². The number of aliphatic hydroxyl groups excluding tert-OH is 2. The number of aliphatic carboxylic acids is 1. The van der Waals surface area contributed by atoms with Crippen LogP contribution in [0.2, 0.25) is 0 Å². The summed E-state index contributed by atoms with van der Waals surface area (Å²) in [5.41, 5.74) is 0. The van der Waals surface area contributed by atoms with Crippen molar-refractivity contribution >= 4 is 79.7 Å². The lowest BCUT2D eigenvalue weighted by atomic mass is 9.95. The molecule has 5 unspecified atom stereocenters. The van der Waals surface area contributed by atoms with E-state index >= 15 is 0 Å². The van der Waals surface area contributed by atoms with E-state index in [1.165, 1.54) is 21.6 Å². The Morgan fingerprint density at radius 1 is 1.11 bits per heavy atom. The fourth-order valence-electron chi connectivity index (χ4n) is 3.67. The van der Waals surface area contributed by atoms with Gasteiger partial charge in [-0.2, -0.15) is 0 Å². The normalized spacial score (nSPS) is 23.3. The zero-order valence-electron chi connectivity index (χ0n) is 20.3. The lowest BCUT2D eigenvalue weighted by Gasteiger charge is -2.41. The Morgan fingerprint density at radius 3 is 2.50 bits per heavy atom. The molecule has 17 heteroatoms. The predicted molar refractivity (Wildman–Crippen MR) is 145 cm³/mol. The van der Waals surface area contributed by atoms with Crippen molar-refractivity contribution in [3.63, 3.8) is 0 Å². The standard InChI is InChI=1S/C21H31IN4O10S2/c22-12(9-15(29)30)19(33)24-5-4-23-14(28)2-1-6-37-38-7-3-16(31)36-10-11-8-13(27)17(32)18-25-20(34)21(35)26(11)18/h11-13,17-18,27,32H,1-10H2,(H,23,28)(H,24,33)(H,25,34)(H,29,30). The molecule has 0 bridgehead atoms. The van der Waals surface area contributed by atoms with E-state index in [0.29, 0.717) is 24.3 Å². The van der Waals surface area contributed by atoms with Crippen molar-refractivity contribution < 1.29 is 48.8 Å². The number of nitrogens with one attached hydrogen (secondary N) is 3. The highest BCUT2D eigenvalue weighted by molar-refractivity contribution is 14.1. The van der Waals surface area contributed by atoms with E-state index in [2.05, 4.69) is 16.0 Å². The second-order valence-electron chi connectivity index (χ2n) is 8.47. The zero-order valence-corrected chi connectivity index (χ0v) is 24.1. The van der Waals surface area contributed by atoms with Crippen molar-refractivity contribution in [2.24, 2.45) is 0 Å². The smallest absolute Gasteiger partial charge is 0.314 e. The summed E-state index contributed by atoms with van der Waals surface area (Å²) in [6, 6.07) is -0.724. The molecule has 0 aromatic carbocycles. The number of hydrogen-bond donors (Lipinski definition) is 6. The summed E-state index contributed by atoms with van der Waals surface area (Å²) >= 11 is 1.75. The third kappa shape index (κ3) is 10.4. The summed E-state index contributed by atoms with van der Waals surface area (Å²) in [6.45, 7) is 0.250. The third-order valence-electron chi connectivity index (χ3n) is 5.56. The van der Waals surface area contributed by atoms with Gasteiger partial charge < -0.3 is 40.9 Å². The maximum Gasteiger partial charge on any atom is 0.314 e. The summed E-state index contributed by atoms with van der Waals surface area (Å²) in [7, 11) is 2.95. The summed E-state index contributed by atoms with van der Waals surface area (Å²) in [5.74, 6) is -2.68. The molecular formula is C21H31IN4O10S2. The molecule has 2 fully saturated rings. The molecule has 2 heterocycles. The van der Waals surface area contributed by atoms with Gasteiger partial charge in [0.05, 0.1) is 25.0 Å². The Bertz CT molecular complexity index is 898. The number of alkyl halides is 1. The van der Waals surface area contributed by atoms with Gasteiger partial charge in [-0.1, -0.05) is 44.2 Å². The molecule has 0 saturated carbocycles. The molecule has 0 radical (unpaired) electrons. The van der Waals surface area contributed by atoms with E-state index in [0.717, 1.165) is 4.90 Å². The number of fused-ring (bicyclic) bond motifs is 1. The first-order valence-electron chi connectivity index (χ1n) is 11.8. The van der Waals surface area contributed by atoms with Crippen LogP contribution >= 0.6 is 44.2 Å². The molecule has 5 atom stereocenters. The highest BCUT2D eigenvalue weighted by Crippen LogP contribution is 2.27. The summed E-state index contributed by atoms with van der Waals surface area (Å²) in [6.07, 6.45) is -2.79. The number of aliphatic hydroxyl groups is 2. The maximum atomic E-state index is 12.1. The van der Waals surface area contributed by atoms with Gasteiger partial charge in [0.15, 0.2) is 0 Å². The van der Waals surface area contributed by atoms with Crippen molar-refractivity contribution in [2.45, 2.75) is 60.4 Å². The number of carboxylic acids is 1. The van der Waals surface area contributed by atoms with Crippen LogP contribution in [0.15, 0.2) is 0 Å². The van der Waals surface area contributed by atoms with Crippen LogP contribution in [0, 0.1) is 0 Å². The average molecular weight is 691 g/mol. The molecular weight excluding hydrogens is 659 g/mol. The molecule has 2 aliphatic heterocycles. The Kier molecular flexibility index (Phi) is 13.9. The molecule has 4 amide bonds. The number of carboxylic acid groups (broad SMARTS) is 1. The van der Waals surface area contributed by atoms with E-state index in [1.807, 2.05) is 0 Å². The van der Waals surface area contributed by atoms with Crippen LogP contribution < -0.4 is 16.0 Å². The van der Waals surface area contributed by atoms with E-state index in [1.54, 1.807) is 22.6 Å². The number of amides is 4. The van der Waals surface area contributed by atoms with Gasteiger partial charge in [0.2, 0.25) is 11.8 Å². The Hall–Kier alpha value is -1.83. The average Bonchev–Trinajstić information content (AvgIpc) is 3.16. The fraction of sp³-hybridized carbons (Fsp3) is 0.714. The van der Waals surface area contributed by atoms with Crippen LogP contribution in [0.25, 0.3) is 0 Å². The number of piperidine rings is 1. The van der Waals surface area contributed by atoms with E-state index in [9.17, 15) is 39.0 Å². The number of halogens is 1. The topological polar surface area (TPSA) is 212 Å². The minimum absolute atomic E-state index is 0.0237. The van der Waals surface area contributed by atoms with Crippen molar-refractivity contribution in [3.8, 4) is 0 Å². The first-order chi connectivity index (χ1) is 18.0. The lowest BCUT2D eigenvalue weighted by Crippen LogP contribution is -2.61.